The number of ether oxygens (including phenoxy) is 2. The SMILES string of the molecule is NC(=O)[C@H](Nc1cccc(OC[C@H]2CCCO2)c1)c1ccccc1. The molecule has 1 fully saturated rings. The molecular weight excluding hydrogens is 304 g/mol. The number of amides is 1. The lowest BCUT2D eigenvalue weighted by Crippen LogP contribution is -2.27. The van der Waals surface area contributed by atoms with E-state index in [1.54, 1.807) is 0 Å². The van der Waals surface area contributed by atoms with Crippen molar-refractivity contribution in [1.82, 2.24) is 0 Å². The zero-order chi connectivity index (χ0) is 16.8. The number of carbonyl (C=O) groups is 1. The topological polar surface area (TPSA) is 73.6 Å². The van der Waals surface area contributed by atoms with Crippen LogP contribution in [-0.2, 0) is 9.53 Å². The Kier molecular flexibility index (Phi) is 5.33. The van der Waals surface area contributed by atoms with Gasteiger partial charge in [0.05, 0.1) is 6.10 Å². The molecule has 1 aliphatic rings. The molecule has 0 saturated carbocycles. The molecule has 5 nitrogen and oxygen atoms in total. The number of nitrogens with one attached hydrogen (secondary N) is 1. The molecule has 2 atom stereocenters. The summed E-state index contributed by atoms with van der Waals surface area (Å²) < 4.78 is 11.4. The van der Waals surface area contributed by atoms with Crippen molar-refractivity contribution in [1.29, 1.82) is 0 Å². The van der Waals surface area contributed by atoms with Gasteiger partial charge in [-0.3, -0.25) is 4.79 Å². The number of rotatable bonds is 7. The smallest absolute Gasteiger partial charge is 0.244 e. The highest BCUT2D eigenvalue weighted by molar-refractivity contribution is 5.84. The number of hydrogen-bond donors (Lipinski definition) is 2. The van der Waals surface area contributed by atoms with Crippen molar-refractivity contribution >= 4 is 11.6 Å². The van der Waals surface area contributed by atoms with Gasteiger partial charge in [0, 0.05) is 18.4 Å². The normalized spacial score (nSPS) is 18.1. The Bertz CT molecular complexity index is 669. The van der Waals surface area contributed by atoms with Gasteiger partial charge in [-0.05, 0) is 30.5 Å². The number of carbonyl (C=O) groups excluding carboxylic acids is 1. The van der Waals surface area contributed by atoms with E-state index in [9.17, 15) is 4.79 Å². The fraction of sp³-hybridized carbons (Fsp3) is 0.316. The summed E-state index contributed by atoms with van der Waals surface area (Å²) in [4.78, 5) is 11.8. The average molecular weight is 326 g/mol. The minimum Gasteiger partial charge on any atom is -0.491 e. The molecule has 5 heteroatoms. The second-order valence-corrected chi connectivity index (χ2v) is 5.86. The van der Waals surface area contributed by atoms with E-state index in [0.717, 1.165) is 36.4 Å². The Morgan fingerprint density at radius 1 is 1.25 bits per heavy atom. The van der Waals surface area contributed by atoms with Crippen LogP contribution in [0.1, 0.15) is 24.4 Å². The first-order valence-electron chi connectivity index (χ1n) is 8.17. The number of primary amides is 1. The van der Waals surface area contributed by atoms with Gasteiger partial charge in [-0.15, -0.1) is 0 Å². The van der Waals surface area contributed by atoms with Gasteiger partial charge < -0.3 is 20.5 Å². The molecule has 2 aromatic carbocycles. The van der Waals surface area contributed by atoms with E-state index < -0.39 is 11.9 Å². The van der Waals surface area contributed by atoms with Crippen LogP contribution >= 0.6 is 0 Å². The minimum atomic E-state index is -0.584. The highest BCUT2D eigenvalue weighted by atomic mass is 16.5. The Balaban J connectivity index is 1.67. The molecule has 3 rings (SSSR count). The first kappa shape index (κ1) is 16.3. The maximum Gasteiger partial charge on any atom is 0.244 e. The fourth-order valence-electron chi connectivity index (χ4n) is 2.77. The second kappa shape index (κ2) is 7.84. The van der Waals surface area contributed by atoms with Crippen LogP contribution < -0.4 is 15.8 Å². The maximum atomic E-state index is 11.8. The summed E-state index contributed by atoms with van der Waals surface area (Å²) in [6.07, 6.45) is 2.30. The van der Waals surface area contributed by atoms with E-state index in [2.05, 4.69) is 5.32 Å². The van der Waals surface area contributed by atoms with E-state index >= 15 is 0 Å². The van der Waals surface area contributed by atoms with Crippen molar-refractivity contribution in [3.05, 3.63) is 60.2 Å². The van der Waals surface area contributed by atoms with Gasteiger partial charge in [-0.25, -0.2) is 0 Å². The molecule has 1 aliphatic heterocycles. The number of hydrogen-bond acceptors (Lipinski definition) is 4. The summed E-state index contributed by atoms with van der Waals surface area (Å²) in [5, 5.41) is 3.18. The van der Waals surface area contributed by atoms with Gasteiger partial charge in [0.1, 0.15) is 18.4 Å². The molecule has 24 heavy (non-hydrogen) atoms. The molecule has 0 bridgehead atoms. The van der Waals surface area contributed by atoms with E-state index in [0.29, 0.717) is 6.61 Å². The molecule has 1 saturated heterocycles. The summed E-state index contributed by atoms with van der Waals surface area (Å²) in [5.74, 6) is 0.318. The first-order chi connectivity index (χ1) is 11.7. The molecule has 126 valence electrons. The molecule has 0 unspecified atom stereocenters. The average Bonchev–Trinajstić information content (AvgIpc) is 3.12. The summed E-state index contributed by atoms with van der Waals surface area (Å²) >= 11 is 0. The number of nitrogens with two attached hydrogens (primary N) is 1. The minimum absolute atomic E-state index is 0.171. The van der Waals surface area contributed by atoms with Gasteiger partial charge in [0.2, 0.25) is 5.91 Å². The molecule has 0 spiro atoms. The van der Waals surface area contributed by atoms with E-state index in [1.807, 2.05) is 54.6 Å². The largest absolute Gasteiger partial charge is 0.491 e. The molecule has 0 aliphatic carbocycles. The second-order valence-electron chi connectivity index (χ2n) is 5.86. The zero-order valence-corrected chi connectivity index (χ0v) is 13.5. The van der Waals surface area contributed by atoms with Gasteiger partial charge >= 0.3 is 0 Å². The Morgan fingerprint density at radius 3 is 2.79 bits per heavy atom. The summed E-state index contributed by atoms with van der Waals surface area (Å²) in [6, 6.07) is 16.4. The molecule has 1 amide bonds. The third-order valence-electron chi connectivity index (χ3n) is 4.02. The number of benzene rings is 2. The van der Waals surface area contributed by atoms with Gasteiger partial charge in [-0.2, -0.15) is 0 Å². The van der Waals surface area contributed by atoms with Gasteiger partial charge in [0.25, 0.3) is 0 Å². The Hall–Kier alpha value is -2.53. The van der Waals surface area contributed by atoms with Crippen molar-refractivity contribution in [2.45, 2.75) is 25.0 Å². The fourth-order valence-corrected chi connectivity index (χ4v) is 2.77. The molecular formula is C19H22N2O3. The van der Waals surface area contributed by atoms with Crippen molar-refractivity contribution in [3.8, 4) is 5.75 Å². The van der Waals surface area contributed by atoms with Crippen LogP contribution in [0.25, 0.3) is 0 Å². The summed E-state index contributed by atoms with van der Waals surface area (Å²) in [7, 11) is 0. The Morgan fingerprint density at radius 2 is 2.08 bits per heavy atom. The van der Waals surface area contributed by atoms with Gasteiger partial charge in [0.15, 0.2) is 0 Å². The molecule has 3 N–H and O–H groups in total. The third kappa shape index (κ3) is 4.26. The summed E-state index contributed by atoms with van der Waals surface area (Å²) in [6.45, 7) is 1.36. The quantitative estimate of drug-likeness (QED) is 0.820. The molecule has 0 radical (unpaired) electrons. The first-order valence-corrected chi connectivity index (χ1v) is 8.17. The highest BCUT2D eigenvalue weighted by Gasteiger charge is 2.18. The van der Waals surface area contributed by atoms with Crippen LogP contribution in [0.2, 0.25) is 0 Å². The van der Waals surface area contributed by atoms with E-state index in [1.165, 1.54) is 0 Å². The highest BCUT2D eigenvalue weighted by Crippen LogP contribution is 2.24. The predicted octanol–water partition coefficient (Wildman–Crippen LogP) is 2.88. The Labute approximate surface area is 141 Å². The van der Waals surface area contributed by atoms with Gasteiger partial charge in [-0.1, -0.05) is 36.4 Å². The van der Waals surface area contributed by atoms with Crippen LogP contribution in [0.15, 0.2) is 54.6 Å². The predicted molar refractivity (Wildman–Crippen MR) is 92.9 cm³/mol. The lowest BCUT2D eigenvalue weighted by molar-refractivity contribution is -0.118. The monoisotopic (exact) mass is 326 g/mol. The third-order valence-corrected chi connectivity index (χ3v) is 4.02. The van der Waals surface area contributed by atoms with Crippen molar-refractivity contribution in [3.63, 3.8) is 0 Å². The lowest BCUT2D eigenvalue weighted by Gasteiger charge is -2.18. The molecule has 1 heterocycles. The lowest BCUT2D eigenvalue weighted by atomic mass is 10.1. The van der Waals surface area contributed by atoms with Crippen molar-refractivity contribution in [2.75, 3.05) is 18.5 Å². The van der Waals surface area contributed by atoms with Crippen molar-refractivity contribution in [2.24, 2.45) is 5.73 Å². The standard InChI is InChI=1S/C19H22N2O3/c20-19(22)18(14-6-2-1-3-7-14)21-15-8-4-9-16(12-15)24-13-17-10-5-11-23-17/h1-4,6-9,12,17-18,21H,5,10-11,13H2,(H2,20,22)/t17-,18-/m1/s1. The van der Waals surface area contributed by atoms with E-state index in [-0.39, 0.29) is 6.10 Å². The van der Waals surface area contributed by atoms with Crippen LogP contribution in [0.4, 0.5) is 5.69 Å². The van der Waals surface area contributed by atoms with E-state index in [4.69, 9.17) is 15.2 Å². The van der Waals surface area contributed by atoms with Crippen LogP contribution in [0, 0.1) is 0 Å². The van der Waals surface area contributed by atoms with Crippen LogP contribution in [0.3, 0.4) is 0 Å². The zero-order valence-electron chi connectivity index (χ0n) is 13.5. The summed E-state index contributed by atoms with van der Waals surface area (Å²) in [5.41, 5.74) is 7.16. The van der Waals surface area contributed by atoms with Crippen LogP contribution in [-0.4, -0.2) is 25.2 Å². The van der Waals surface area contributed by atoms with Crippen molar-refractivity contribution < 1.29 is 14.3 Å². The number of anilines is 1. The molecule has 0 aromatic heterocycles. The molecule has 2 aromatic rings. The van der Waals surface area contributed by atoms with Crippen LogP contribution in [0.5, 0.6) is 5.75 Å². The maximum absolute atomic E-state index is 11.8.